The van der Waals surface area contributed by atoms with Crippen molar-refractivity contribution in [1.29, 1.82) is 0 Å². The maximum absolute atomic E-state index is 5.47. The van der Waals surface area contributed by atoms with Gasteiger partial charge in [0.15, 0.2) is 0 Å². The highest BCUT2D eigenvalue weighted by Gasteiger charge is 1.93. The molecule has 3 heteroatoms. The summed E-state index contributed by atoms with van der Waals surface area (Å²) in [6, 6.07) is 7.91. The molecule has 0 fully saturated rings. The average molecular weight is 226 g/mol. The van der Waals surface area contributed by atoms with E-state index in [-0.39, 0.29) is 0 Å². The Morgan fingerprint density at radius 1 is 1.33 bits per heavy atom. The third-order valence-corrected chi connectivity index (χ3v) is 2.02. The van der Waals surface area contributed by atoms with Crippen LogP contribution in [0.25, 0.3) is 0 Å². The quantitative estimate of drug-likeness (QED) is 0.798. The molecule has 1 N–H and O–H groups in total. The number of hydrogen-bond donors (Lipinski definition) is 1. The summed E-state index contributed by atoms with van der Waals surface area (Å²) >= 11 is 5.41. The van der Waals surface area contributed by atoms with Crippen LogP contribution in [0.3, 0.4) is 0 Å². The molecule has 15 heavy (non-hydrogen) atoms. The maximum Gasteiger partial charge on any atom is 0.119 e. The minimum Gasteiger partial charge on any atom is -0.494 e. The third-order valence-electron chi connectivity index (χ3n) is 1.84. The van der Waals surface area contributed by atoms with Crippen molar-refractivity contribution in [2.45, 2.75) is 13.3 Å². The predicted octanol–water partition coefficient (Wildman–Crippen LogP) is 3.64. The van der Waals surface area contributed by atoms with E-state index in [9.17, 15) is 0 Å². The summed E-state index contributed by atoms with van der Waals surface area (Å²) in [5, 5.41) is 3.20. The Balaban J connectivity index is 2.41. The molecule has 1 aromatic rings. The lowest BCUT2D eigenvalue weighted by molar-refractivity contribution is 0.317. The van der Waals surface area contributed by atoms with Gasteiger partial charge in [-0.3, -0.25) is 0 Å². The fourth-order valence-electron chi connectivity index (χ4n) is 1.11. The molecule has 0 heterocycles. The first-order chi connectivity index (χ1) is 7.36. The maximum atomic E-state index is 5.47. The summed E-state index contributed by atoms with van der Waals surface area (Å²) < 4.78 is 5.47. The van der Waals surface area contributed by atoms with E-state index in [1.165, 1.54) is 5.54 Å². The number of rotatable bonds is 6. The lowest BCUT2D eigenvalue weighted by atomic mass is 10.3. The molecule has 0 atom stereocenters. The van der Waals surface area contributed by atoms with Gasteiger partial charge in [0.05, 0.1) is 6.61 Å². The zero-order valence-electron chi connectivity index (χ0n) is 8.87. The fraction of sp³-hybridized carbons (Fsp3) is 0.333. The highest BCUT2D eigenvalue weighted by molar-refractivity contribution is 6.25. The van der Waals surface area contributed by atoms with Crippen LogP contribution in [0.1, 0.15) is 13.3 Å². The zero-order chi connectivity index (χ0) is 10.9. The molecule has 0 aliphatic rings. The Morgan fingerprint density at radius 2 is 2.07 bits per heavy atom. The second-order valence-corrected chi connectivity index (χ2v) is 3.37. The molecular formula is C12H16ClNO. The van der Waals surface area contributed by atoms with Gasteiger partial charge in [0.25, 0.3) is 0 Å². The first-order valence-electron chi connectivity index (χ1n) is 5.08. The summed E-state index contributed by atoms with van der Waals surface area (Å²) in [7, 11) is 0. The zero-order valence-corrected chi connectivity index (χ0v) is 9.63. The molecule has 2 nitrogen and oxygen atoms in total. The molecule has 1 aromatic carbocycles. The molecule has 0 saturated heterocycles. The van der Waals surface area contributed by atoms with Crippen molar-refractivity contribution in [3.8, 4) is 5.75 Å². The Kier molecular flexibility index (Phi) is 5.71. The summed E-state index contributed by atoms with van der Waals surface area (Å²) in [6.07, 6.45) is 2.88. The van der Waals surface area contributed by atoms with Crippen LogP contribution in [0.5, 0.6) is 5.75 Å². The van der Waals surface area contributed by atoms with Crippen LogP contribution in [0.2, 0.25) is 0 Å². The molecule has 82 valence electrons. The molecule has 0 saturated carbocycles. The highest BCUT2D eigenvalue weighted by Crippen LogP contribution is 2.15. The van der Waals surface area contributed by atoms with E-state index >= 15 is 0 Å². The van der Waals surface area contributed by atoms with E-state index < -0.39 is 0 Å². The van der Waals surface area contributed by atoms with Gasteiger partial charge in [0.2, 0.25) is 0 Å². The van der Waals surface area contributed by atoms with Gasteiger partial charge in [-0.15, -0.1) is 0 Å². The number of benzene rings is 1. The lowest BCUT2D eigenvalue weighted by Crippen LogP contribution is -1.98. The first-order valence-corrected chi connectivity index (χ1v) is 5.52. The fourth-order valence-corrected chi connectivity index (χ4v) is 1.20. The minimum atomic E-state index is 0.735. The first kappa shape index (κ1) is 11.9. The van der Waals surface area contributed by atoms with Gasteiger partial charge in [0.1, 0.15) is 5.75 Å². The van der Waals surface area contributed by atoms with Crippen LogP contribution < -0.4 is 10.1 Å². The van der Waals surface area contributed by atoms with Gasteiger partial charge >= 0.3 is 0 Å². The smallest absolute Gasteiger partial charge is 0.119 e. The minimum absolute atomic E-state index is 0.735. The second kappa shape index (κ2) is 7.18. The molecular weight excluding hydrogens is 210 g/mol. The molecule has 0 aliphatic carbocycles. The van der Waals surface area contributed by atoms with Gasteiger partial charge in [-0.25, -0.2) is 0 Å². The van der Waals surface area contributed by atoms with Crippen molar-refractivity contribution in [1.82, 2.24) is 0 Å². The summed E-state index contributed by atoms with van der Waals surface area (Å²) in [5.74, 6) is 0.912. The molecule has 0 unspecified atom stereocenters. The summed E-state index contributed by atoms with van der Waals surface area (Å²) in [6.45, 7) is 3.59. The number of ether oxygens (including phenoxy) is 1. The highest BCUT2D eigenvalue weighted by atomic mass is 35.5. The van der Waals surface area contributed by atoms with E-state index in [1.54, 1.807) is 0 Å². The number of nitrogens with one attached hydrogen (secondary N) is 1. The van der Waals surface area contributed by atoms with Crippen LogP contribution in [-0.2, 0) is 0 Å². The average Bonchev–Trinajstić information content (AvgIpc) is 2.28. The summed E-state index contributed by atoms with van der Waals surface area (Å²) in [5.41, 5.74) is 2.57. The monoisotopic (exact) mass is 225 g/mol. The van der Waals surface area contributed by atoms with E-state index in [4.69, 9.17) is 16.3 Å². The van der Waals surface area contributed by atoms with E-state index in [1.807, 2.05) is 30.3 Å². The predicted molar refractivity (Wildman–Crippen MR) is 65.7 cm³/mol. The van der Waals surface area contributed by atoms with Crippen molar-refractivity contribution in [2.75, 3.05) is 18.5 Å². The van der Waals surface area contributed by atoms with Crippen LogP contribution in [0.4, 0.5) is 5.69 Å². The molecule has 0 radical (unpaired) electrons. The molecule has 0 aliphatic heterocycles. The Bertz CT molecular complexity index is 295. The van der Waals surface area contributed by atoms with Crippen molar-refractivity contribution in [3.05, 3.63) is 35.9 Å². The second-order valence-electron chi connectivity index (χ2n) is 3.12. The van der Waals surface area contributed by atoms with Gasteiger partial charge in [0, 0.05) is 17.8 Å². The van der Waals surface area contributed by atoms with Crippen LogP contribution in [0, 0.1) is 0 Å². The third kappa shape index (κ3) is 4.75. The Morgan fingerprint density at radius 3 is 2.67 bits per heavy atom. The van der Waals surface area contributed by atoms with Crippen LogP contribution >= 0.6 is 11.6 Å². The molecule has 0 amide bonds. The van der Waals surface area contributed by atoms with E-state index in [0.29, 0.717) is 0 Å². The van der Waals surface area contributed by atoms with E-state index in [2.05, 4.69) is 12.2 Å². The largest absolute Gasteiger partial charge is 0.494 e. The van der Waals surface area contributed by atoms with Crippen molar-refractivity contribution in [3.63, 3.8) is 0 Å². The Labute approximate surface area is 95.9 Å². The standard InChI is InChI=1S/C12H16ClNO/c1-2-10-15-12-6-4-11(5-7-12)14-9-3-8-13/h3-8,14H,2,9-10H2,1H3/b8-3+. The molecule has 0 bridgehead atoms. The Hall–Kier alpha value is -1.15. The van der Waals surface area contributed by atoms with Gasteiger partial charge in [-0.1, -0.05) is 24.6 Å². The van der Waals surface area contributed by atoms with Crippen molar-refractivity contribution >= 4 is 17.3 Å². The van der Waals surface area contributed by atoms with E-state index in [0.717, 1.165) is 31.0 Å². The lowest BCUT2D eigenvalue weighted by Gasteiger charge is -2.06. The molecule has 0 aromatic heterocycles. The van der Waals surface area contributed by atoms with Gasteiger partial charge in [-0.05, 0) is 30.7 Å². The summed E-state index contributed by atoms with van der Waals surface area (Å²) in [4.78, 5) is 0. The normalized spacial score (nSPS) is 10.5. The number of halogens is 1. The molecule has 0 spiro atoms. The number of hydrogen-bond acceptors (Lipinski definition) is 2. The van der Waals surface area contributed by atoms with Crippen LogP contribution in [0.15, 0.2) is 35.9 Å². The van der Waals surface area contributed by atoms with Crippen LogP contribution in [-0.4, -0.2) is 13.2 Å². The topological polar surface area (TPSA) is 21.3 Å². The number of anilines is 1. The SMILES string of the molecule is CCCOc1ccc(NC/C=C/Cl)cc1. The van der Waals surface area contributed by atoms with Crippen molar-refractivity contribution in [2.24, 2.45) is 0 Å². The van der Waals surface area contributed by atoms with Crippen molar-refractivity contribution < 1.29 is 4.74 Å². The van der Waals surface area contributed by atoms with Gasteiger partial charge < -0.3 is 10.1 Å². The molecule has 1 rings (SSSR count). The van der Waals surface area contributed by atoms with Gasteiger partial charge in [-0.2, -0.15) is 0 Å².